The molecule has 0 bridgehead atoms. The van der Waals surface area contributed by atoms with Gasteiger partial charge in [0.2, 0.25) is 0 Å². The van der Waals surface area contributed by atoms with Gasteiger partial charge in [0.05, 0.1) is 30.1 Å². The normalized spacial score (nSPS) is 14.5. The number of hydrogen-bond acceptors (Lipinski definition) is 3. The molecule has 35 heavy (non-hydrogen) atoms. The molecular formula is C29H27N3O3. The Hall–Kier alpha value is -4.32. The van der Waals surface area contributed by atoms with Crippen LogP contribution in [0.15, 0.2) is 91.1 Å². The van der Waals surface area contributed by atoms with Gasteiger partial charge < -0.3 is 19.5 Å². The molecule has 0 saturated heterocycles. The summed E-state index contributed by atoms with van der Waals surface area (Å²) in [6.07, 6.45) is 2.04. The third-order valence-corrected chi connectivity index (χ3v) is 6.37. The zero-order valence-corrected chi connectivity index (χ0v) is 19.8. The van der Waals surface area contributed by atoms with Crippen molar-refractivity contribution >= 4 is 17.7 Å². The maximum Gasteiger partial charge on any atom is 0.340 e. The molecule has 2 heterocycles. The van der Waals surface area contributed by atoms with E-state index in [-0.39, 0.29) is 18.7 Å². The number of amides is 2. The van der Waals surface area contributed by atoms with Gasteiger partial charge in [-0.3, -0.25) is 0 Å². The van der Waals surface area contributed by atoms with Crippen LogP contribution in [-0.2, 0) is 11.3 Å². The fourth-order valence-electron chi connectivity index (χ4n) is 4.73. The standard InChI is InChI=1S/C29H27N3O3/c1-3-35-28(33)23-14-7-8-15-24(23)30-29(34)32-19-21-12-5-9-16-25(21)31-18-10-17-26(31)27(32)22-13-6-4-11-20(22)2/h4-18,27H,3,19H2,1-2H3,(H,30,34). The monoisotopic (exact) mass is 465 g/mol. The van der Waals surface area contributed by atoms with Crippen LogP contribution in [0.25, 0.3) is 5.69 Å². The van der Waals surface area contributed by atoms with Gasteiger partial charge in [0.1, 0.15) is 6.04 Å². The Morgan fingerprint density at radius 2 is 1.69 bits per heavy atom. The van der Waals surface area contributed by atoms with Crippen molar-refractivity contribution in [3.05, 3.63) is 119 Å². The highest BCUT2D eigenvalue weighted by atomic mass is 16.5. The Labute approximate surface area is 204 Å². The van der Waals surface area contributed by atoms with Gasteiger partial charge in [-0.05, 0) is 60.9 Å². The summed E-state index contributed by atoms with van der Waals surface area (Å²) in [4.78, 5) is 28.3. The molecule has 1 aliphatic rings. The van der Waals surface area contributed by atoms with Gasteiger partial charge in [0.15, 0.2) is 0 Å². The first kappa shape index (κ1) is 22.5. The second-order valence-corrected chi connectivity index (χ2v) is 8.52. The first-order chi connectivity index (χ1) is 17.1. The minimum atomic E-state index is -0.464. The van der Waals surface area contributed by atoms with Crippen molar-refractivity contribution in [2.24, 2.45) is 0 Å². The zero-order chi connectivity index (χ0) is 24.4. The number of rotatable bonds is 4. The first-order valence-electron chi connectivity index (χ1n) is 11.7. The van der Waals surface area contributed by atoms with Crippen LogP contribution in [0.3, 0.4) is 0 Å². The number of anilines is 1. The Kier molecular flexibility index (Phi) is 6.10. The molecule has 0 radical (unpaired) electrons. The molecular weight excluding hydrogens is 438 g/mol. The predicted molar refractivity (Wildman–Crippen MR) is 136 cm³/mol. The Balaban J connectivity index is 1.61. The van der Waals surface area contributed by atoms with Gasteiger partial charge in [-0.2, -0.15) is 0 Å². The van der Waals surface area contributed by atoms with Crippen LogP contribution >= 0.6 is 0 Å². The summed E-state index contributed by atoms with van der Waals surface area (Å²) in [6.45, 7) is 4.49. The maximum atomic E-state index is 13.9. The van der Waals surface area contributed by atoms with Crippen LogP contribution in [0.1, 0.15) is 45.7 Å². The summed E-state index contributed by atoms with van der Waals surface area (Å²) in [7, 11) is 0. The number of carbonyl (C=O) groups is 2. The highest BCUT2D eigenvalue weighted by molar-refractivity contribution is 6.01. The van der Waals surface area contributed by atoms with E-state index in [1.165, 1.54) is 0 Å². The van der Waals surface area contributed by atoms with E-state index in [0.717, 1.165) is 28.1 Å². The van der Waals surface area contributed by atoms with E-state index in [2.05, 4.69) is 41.1 Å². The summed E-state index contributed by atoms with van der Waals surface area (Å²) < 4.78 is 7.36. The van der Waals surface area contributed by atoms with Crippen molar-refractivity contribution in [3.63, 3.8) is 0 Å². The van der Waals surface area contributed by atoms with Crippen LogP contribution in [0.2, 0.25) is 0 Å². The van der Waals surface area contributed by atoms with E-state index >= 15 is 0 Å². The number of benzene rings is 3. The molecule has 3 aromatic carbocycles. The summed E-state index contributed by atoms with van der Waals surface area (Å²) in [5.74, 6) is -0.464. The van der Waals surface area contributed by atoms with Gasteiger partial charge in [-0.15, -0.1) is 0 Å². The number of nitrogens with one attached hydrogen (secondary N) is 1. The second kappa shape index (κ2) is 9.50. The highest BCUT2D eigenvalue weighted by Gasteiger charge is 2.34. The quantitative estimate of drug-likeness (QED) is 0.371. The fourth-order valence-corrected chi connectivity index (χ4v) is 4.73. The minimum absolute atomic E-state index is 0.260. The molecule has 4 aromatic rings. The van der Waals surface area contributed by atoms with Gasteiger partial charge in [-0.25, -0.2) is 9.59 Å². The molecule has 1 aliphatic heterocycles. The summed E-state index contributed by atoms with van der Waals surface area (Å²) in [5.41, 5.74) is 5.98. The number of fused-ring (bicyclic) bond motifs is 3. The average Bonchev–Trinajstić information content (AvgIpc) is 3.30. The predicted octanol–water partition coefficient (Wildman–Crippen LogP) is 6.10. The van der Waals surface area contributed by atoms with Crippen molar-refractivity contribution in [2.75, 3.05) is 11.9 Å². The van der Waals surface area contributed by atoms with E-state index in [9.17, 15) is 9.59 Å². The highest BCUT2D eigenvalue weighted by Crippen LogP contribution is 2.38. The van der Waals surface area contributed by atoms with Crippen LogP contribution in [0.4, 0.5) is 10.5 Å². The molecule has 0 saturated carbocycles. The fraction of sp³-hybridized carbons (Fsp3) is 0.172. The van der Waals surface area contributed by atoms with Crippen molar-refractivity contribution in [1.29, 1.82) is 0 Å². The molecule has 1 aromatic heterocycles. The molecule has 2 amide bonds. The van der Waals surface area contributed by atoms with Crippen LogP contribution < -0.4 is 5.32 Å². The summed E-state index contributed by atoms with van der Waals surface area (Å²) >= 11 is 0. The third kappa shape index (κ3) is 4.19. The van der Waals surface area contributed by atoms with E-state index in [0.29, 0.717) is 17.8 Å². The number of ether oxygens (including phenoxy) is 1. The molecule has 0 aliphatic carbocycles. The molecule has 0 spiro atoms. The van der Waals surface area contributed by atoms with E-state index in [1.54, 1.807) is 31.2 Å². The van der Waals surface area contributed by atoms with Crippen LogP contribution in [0, 0.1) is 6.92 Å². The minimum Gasteiger partial charge on any atom is -0.462 e. The van der Waals surface area contributed by atoms with E-state index in [4.69, 9.17) is 4.74 Å². The SMILES string of the molecule is CCOC(=O)c1ccccc1NC(=O)N1Cc2ccccc2-n2cccc2C1c1ccccc1C. The molecule has 6 heteroatoms. The lowest BCUT2D eigenvalue weighted by Gasteiger charge is -2.32. The van der Waals surface area contributed by atoms with Crippen molar-refractivity contribution in [3.8, 4) is 5.69 Å². The molecule has 176 valence electrons. The van der Waals surface area contributed by atoms with Crippen molar-refractivity contribution < 1.29 is 14.3 Å². The van der Waals surface area contributed by atoms with Crippen LogP contribution in [0.5, 0.6) is 0 Å². The van der Waals surface area contributed by atoms with E-state index in [1.807, 2.05) is 47.5 Å². The number of carbonyl (C=O) groups excluding carboxylic acids is 2. The zero-order valence-electron chi connectivity index (χ0n) is 19.8. The molecule has 1 atom stereocenters. The average molecular weight is 466 g/mol. The molecule has 6 nitrogen and oxygen atoms in total. The molecule has 5 rings (SSSR count). The largest absolute Gasteiger partial charge is 0.462 e. The number of aryl methyl sites for hydroxylation is 1. The second-order valence-electron chi connectivity index (χ2n) is 8.52. The molecule has 1 N–H and O–H groups in total. The lowest BCUT2D eigenvalue weighted by molar-refractivity contribution is 0.0527. The Bertz CT molecular complexity index is 1390. The molecule has 0 fully saturated rings. The van der Waals surface area contributed by atoms with E-state index < -0.39 is 5.97 Å². The smallest absolute Gasteiger partial charge is 0.340 e. The number of aromatic nitrogens is 1. The Morgan fingerprint density at radius 3 is 2.51 bits per heavy atom. The van der Waals surface area contributed by atoms with Gasteiger partial charge >= 0.3 is 12.0 Å². The maximum absolute atomic E-state index is 13.9. The van der Waals surface area contributed by atoms with Gasteiger partial charge in [0, 0.05) is 11.9 Å². The van der Waals surface area contributed by atoms with Gasteiger partial charge in [0.25, 0.3) is 0 Å². The lowest BCUT2D eigenvalue weighted by Crippen LogP contribution is -2.38. The Morgan fingerprint density at radius 1 is 0.943 bits per heavy atom. The number of para-hydroxylation sites is 2. The number of urea groups is 1. The number of esters is 1. The van der Waals surface area contributed by atoms with Crippen molar-refractivity contribution in [1.82, 2.24) is 9.47 Å². The number of nitrogens with zero attached hydrogens (tertiary/aromatic N) is 2. The third-order valence-electron chi connectivity index (χ3n) is 6.37. The topological polar surface area (TPSA) is 63.6 Å². The van der Waals surface area contributed by atoms with Crippen LogP contribution in [-0.4, -0.2) is 28.1 Å². The summed E-state index contributed by atoms with van der Waals surface area (Å²) in [6, 6.07) is 26.6. The number of hydrogen-bond donors (Lipinski definition) is 1. The van der Waals surface area contributed by atoms with Gasteiger partial charge in [-0.1, -0.05) is 54.6 Å². The van der Waals surface area contributed by atoms with Crippen molar-refractivity contribution in [2.45, 2.75) is 26.4 Å². The summed E-state index contributed by atoms with van der Waals surface area (Å²) in [5, 5.41) is 3.00. The first-order valence-corrected chi connectivity index (χ1v) is 11.7. The molecule has 1 unspecified atom stereocenters. The lowest BCUT2D eigenvalue weighted by atomic mass is 9.97.